The van der Waals surface area contributed by atoms with Gasteiger partial charge in [0, 0.05) is 6.04 Å². The zero-order valence-electron chi connectivity index (χ0n) is 11.4. The molecule has 0 amide bonds. The Kier molecular flexibility index (Phi) is 9.16. The minimum Gasteiger partial charge on any atom is -0.463 e. The Balaban J connectivity index is 3.88. The van der Waals surface area contributed by atoms with Gasteiger partial charge in [0.25, 0.3) is 0 Å². The number of nitrogens with one attached hydrogen (secondary N) is 1. The van der Waals surface area contributed by atoms with E-state index in [4.69, 9.17) is 15.2 Å². The minimum absolute atomic E-state index is 0.0498. The molecule has 0 radical (unpaired) electrons. The maximum Gasteiger partial charge on any atom is 0.347 e. The molecule has 0 aromatic rings. The van der Waals surface area contributed by atoms with Crippen molar-refractivity contribution in [3.63, 3.8) is 0 Å². The lowest BCUT2D eigenvalue weighted by molar-refractivity contribution is -0.165. The van der Waals surface area contributed by atoms with Crippen molar-refractivity contribution in [3.05, 3.63) is 24.9 Å². The second kappa shape index (κ2) is 10.1. The summed E-state index contributed by atoms with van der Waals surface area (Å²) in [7, 11) is 0. The Morgan fingerprint density at radius 2 is 2.16 bits per heavy atom. The lowest BCUT2D eigenvalue weighted by Crippen LogP contribution is -2.30. The third kappa shape index (κ3) is 8.84. The van der Waals surface area contributed by atoms with Crippen LogP contribution in [0.3, 0.4) is 0 Å². The molecule has 0 rings (SSSR count). The SMILES string of the molecule is C=CC(N)/C=C\NCC(=O)OC(C)C(=O)OCCC. The first kappa shape index (κ1) is 17.2. The van der Waals surface area contributed by atoms with E-state index in [0.29, 0.717) is 6.61 Å². The molecule has 0 aromatic carbocycles. The van der Waals surface area contributed by atoms with Crippen molar-refractivity contribution in [2.75, 3.05) is 13.2 Å². The molecule has 0 heterocycles. The minimum atomic E-state index is -0.903. The van der Waals surface area contributed by atoms with Crippen molar-refractivity contribution in [2.24, 2.45) is 5.73 Å². The summed E-state index contributed by atoms with van der Waals surface area (Å²) in [6.07, 6.45) is 4.55. The molecule has 6 nitrogen and oxygen atoms in total. The van der Waals surface area contributed by atoms with Crippen LogP contribution in [0.15, 0.2) is 24.9 Å². The van der Waals surface area contributed by atoms with Crippen LogP contribution in [0.2, 0.25) is 0 Å². The highest BCUT2D eigenvalue weighted by molar-refractivity contribution is 5.79. The quantitative estimate of drug-likeness (QED) is 0.468. The third-order valence-corrected chi connectivity index (χ3v) is 2.04. The monoisotopic (exact) mass is 270 g/mol. The Labute approximate surface area is 113 Å². The van der Waals surface area contributed by atoms with Crippen molar-refractivity contribution < 1.29 is 19.1 Å². The topological polar surface area (TPSA) is 90.6 Å². The highest BCUT2D eigenvalue weighted by Gasteiger charge is 2.18. The Hall–Kier alpha value is -1.82. The van der Waals surface area contributed by atoms with E-state index < -0.39 is 18.0 Å². The fraction of sp³-hybridized carbons (Fsp3) is 0.538. The van der Waals surface area contributed by atoms with Crippen molar-refractivity contribution in [3.8, 4) is 0 Å². The number of nitrogens with two attached hydrogens (primary N) is 1. The maximum absolute atomic E-state index is 11.4. The van der Waals surface area contributed by atoms with Gasteiger partial charge in [-0.15, -0.1) is 6.58 Å². The summed E-state index contributed by atoms with van der Waals surface area (Å²) in [5, 5.41) is 2.70. The molecule has 0 aliphatic rings. The van der Waals surface area contributed by atoms with Gasteiger partial charge in [-0.2, -0.15) is 0 Å². The first-order chi connectivity index (χ1) is 9.01. The average Bonchev–Trinajstić information content (AvgIpc) is 2.40. The number of hydrogen-bond acceptors (Lipinski definition) is 6. The van der Waals surface area contributed by atoms with Gasteiger partial charge in [0.1, 0.15) is 6.54 Å². The van der Waals surface area contributed by atoms with Crippen LogP contribution in [0.1, 0.15) is 20.3 Å². The summed E-state index contributed by atoms with van der Waals surface area (Å²) in [5.41, 5.74) is 5.53. The molecule has 0 aromatic heterocycles. The largest absolute Gasteiger partial charge is 0.463 e. The highest BCUT2D eigenvalue weighted by atomic mass is 16.6. The van der Waals surface area contributed by atoms with Crippen LogP contribution in [0.4, 0.5) is 0 Å². The number of esters is 2. The summed E-state index contributed by atoms with van der Waals surface area (Å²) in [6.45, 7) is 7.14. The van der Waals surface area contributed by atoms with E-state index in [2.05, 4.69) is 11.9 Å². The van der Waals surface area contributed by atoms with Gasteiger partial charge in [0.2, 0.25) is 0 Å². The normalized spacial score (nSPS) is 13.6. The fourth-order valence-electron chi connectivity index (χ4n) is 1.01. The van der Waals surface area contributed by atoms with Crippen molar-refractivity contribution in [1.82, 2.24) is 5.32 Å². The van der Waals surface area contributed by atoms with Crippen LogP contribution in [0.5, 0.6) is 0 Å². The van der Waals surface area contributed by atoms with Gasteiger partial charge in [-0.25, -0.2) is 4.79 Å². The molecular formula is C13H22N2O4. The van der Waals surface area contributed by atoms with E-state index >= 15 is 0 Å². The molecule has 0 bridgehead atoms. The maximum atomic E-state index is 11.4. The van der Waals surface area contributed by atoms with Gasteiger partial charge >= 0.3 is 11.9 Å². The van der Waals surface area contributed by atoms with Gasteiger partial charge in [0.15, 0.2) is 6.10 Å². The van der Waals surface area contributed by atoms with Crippen LogP contribution in [0, 0.1) is 0 Å². The van der Waals surface area contributed by atoms with E-state index in [-0.39, 0.29) is 12.6 Å². The van der Waals surface area contributed by atoms with Crippen LogP contribution >= 0.6 is 0 Å². The first-order valence-corrected chi connectivity index (χ1v) is 6.15. The second-order valence-corrected chi connectivity index (χ2v) is 3.85. The summed E-state index contributed by atoms with van der Waals surface area (Å²) >= 11 is 0. The van der Waals surface area contributed by atoms with Gasteiger partial charge in [0.05, 0.1) is 6.61 Å². The predicted octanol–water partition coefficient (Wildman–Crippen LogP) is 0.488. The molecule has 0 saturated heterocycles. The standard InChI is InChI=1S/C13H22N2O4/c1-4-8-18-13(17)10(3)19-12(16)9-15-7-6-11(14)5-2/h5-7,10-11,15H,2,4,8-9,14H2,1,3H3/b7-6-. The van der Waals surface area contributed by atoms with Crippen molar-refractivity contribution in [1.29, 1.82) is 0 Å². The molecule has 3 N–H and O–H groups in total. The van der Waals surface area contributed by atoms with E-state index in [1.165, 1.54) is 13.1 Å². The van der Waals surface area contributed by atoms with Gasteiger partial charge in [-0.05, 0) is 25.6 Å². The number of ether oxygens (including phenoxy) is 2. The predicted molar refractivity (Wildman–Crippen MR) is 72.1 cm³/mol. The number of hydrogen-bond donors (Lipinski definition) is 2. The number of carbonyl (C=O) groups is 2. The molecule has 108 valence electrons. The summed E-state index contributed by atoms with van der Waals surface area (Å²) in [5.74, 6) is -1.09. The van der Waals surface area contributed by atoms with Crippen LogP contribution in [0.25, 0.3) is 0 Å². The van der Waals surface area contributed by atoms with Crippen LogP contribution in [-0.4, -0.2) is 37.2 Å². The molecule has 0 saturated carbocycles. The van der Waals surface area contributed by atoms with Crippen LogP contribution in [-0.2, 0) is 19.1 Å². The first-order valence-electron chi connectivity index (χ1n) is 6.15. The van der Waals surface area contributed by atoms with E-state index in [0.717, 1.165) is 6.42 Å². The number of carbonyl (C=O) groups excluding carboxylic acids is 2. The Morgan fingerprint density at radius 3 is 2.74 bits per heavy atom. The molecular weight excluding hydrogens is 248 g/mol. The van der Waals surface area contributed by atoms with Crippen molar-refractivity contribution in [2.45, 2.75) is 32.4 Å². The Bertz CT molecular complexity index is 329. The summed E-state index contributed by atoms with van der Waals surface area (Å²) in [4.78, 5) is 22.7. The molecule has 19 heavy (non-hydrogen) atoms. The molecule has 0 aliphatic carbocycles. The third-order valence-electron chi connectivity index (χ3n) is 2.04. The van der Waals surface area contributed by atoms with E-state index in [1.54, 1.807) is 12.2 Å². The van der Waals surface area contributed by atoms with E-state index in [9.17, 15) is 9.59 Å². The molecule has 0 aliphatic heterocycles. The lowest BCUT2D eigenvalue weighted by atomic mass is 10.3. The number of rotatable bonds is 9. The molecule has 0 spiro atoms. The summed E-state index contributed by atoms with van der Waals surface area (Å²) in [6, 6.07) is -0.272. The molecule has 0 fully saturated rings. The molecule has 6 heteroatoms. The van der Waals surface area contributed by atoms with Crippen LogP contribution < -0.4 is 11.1 Å². The Morgan fingerprint density at radius 1 is 1.47 bits per heavy atom. The van der Waals surface area contributed by atoms with Gasteiger partial charge in [-0.3, -0.25) is 4.79 Å². The van der Waals surface area contributed by atoms with Gasteiger partial charge < -0.3 is 20.5 Å². The molecule has 2 unspecified atom stereocenters. The zero-order valence-corrected chi connectivity index (χ0v) is 11.4. The zero-order chi connectivity index (χ0) is 14.7. The average molecular weight is 270 g/mol. The fourth-order valence-corrected chi connectivity index (χ4v) is 1.01. The smallest absolute Gasteiger partial charge is 0.347 e. The summed E-state index contributed by atoms with van der Waals surface area (Å²) < 4.78 is 9.73. The van der Waals surface area contributed by atoms with Gasteiger partial charge in [-0.1, -0.05) is 13.0 Å². The lowest BCUT2D eigenvalue weighted by Gasteiger charge is -2.12. The second-order valence-electron chi connectivity index (χ2n) is 3.85. The van der Waals surface area contributed by atoms with E-state index in [1.807, 2.05) is 6.92 Å². The highest BCUT2D eigenvalue weighted by Crippen LogP contribution is 1.96. The van der Waals surface area contributed by atoms with Crippen molar-refractivity contribution >= 4 is 11.9 Å². The molecule has 2 atom stereocenters.